The summed E-state index contributed by atoms with van der Waals surface area (Å²) in [5.74, 6) is 0.285. The highest BCUT2D eigenvalue weighted by Crippen LogP contribution is 2.25. The fourth-order valence-corrected chi connectivity index (χ4v) is 2.32. The molecule has 0 aliphatic rings. The summed E-state index contributed by atoms with van der Waals surface area (Å²) in [6.45, 7) is 2.07. The second kappa shape index (κ2) is 5.71. The first-order valence-corrected chi connectivity index (χ1v) is 6.87. The topological polar surface area (TPSA) is 60.9 Å². The maximum Gasteiger partial charge on any atom is 0.115 e. The molecule has 0 radical (unpaired) electrons. The molecule has 21 heavy (non-hydrogen) atoms. The number of H-pyrrole nitrogens is 1. The number of phenolic OH excluding ortho intramolecular Hbond substituents is 1. The summed E-state index contributed by atoms with van der Waals surface area (Å²) in [5.41, 5.74) is 4.14. The maximum absolute atomic E-state index is 9.56. The van der Waals surface area contributed by atoms with Gasteiger partial charge in [0.2, 0.25) is 0 Å². The van der Waals surface area contributed by atoms with E-state index >= 15 is 0 Å². The van der Waals surface area contributed by atoms with Crippen LogP contribution in [0.3, 0.4) is 0 Å². The van der Waals surface area contributed by atoms with Crippen molar-refractivity contribution in [2.45, 2.75) is 13.0 Å². The van der Waals surface area contributed by atoms with Crippen LogP contribution in [0.5, 0.6) is 5.75 Å². The number of hydrogen-bond acceptors (Lipinski definition) is 3. The molecule has 3 rings (SSSR count). The summed E-state index contributed by atoms with van der Waals surface area (Å²) in [5, 5.41) is 19.9. The van der Waals surface area contributed by atoms with Crippen LogP contribution < -0.4 is 5.32 Å². The van der Waals surface area contributed by atoms with Gasteiger partial charge in [0.1, 0.15) is 5.75 Å². The molecule has 0 bridgehead atoms. The van der Waals surface area contributed by atoms with Crippen molar-refractivity contribution in [1.29, 1.82) is 0 Å². The fraction of sp³-hybridized carbons (Fsp3) is 0.118. The fourth-order valence-electron chi connectivity index (χ4n) is 2.32. The summed E-state index contributed by atoms with van der Waals surface area (Å²) in [6, 6.07) is 17.5. The largest absolute Gasteiger partial charge is 0.508 e. The minimum Gasteiger partial charge on any atom is -0.508 e. The standard InChI is InChI=1S/C17H17N3O/c1-12(13-4-3-7-16(21)11-13)19-15-6-2-5-14(10-15)17-8-9-18-20-17/h2-12,19,21H,1H3,(H,18,20). The highest BCUT2D eigenvalue weighted by molar-refractivity contribution is 5.65. The van der Waals surface area contributed by atoms with E-state index in [9.17, 15) is 5.11 Å². The molecule has 1 aromatic heterocycles. The predicted octanol–water partition coefficient (Wildman–Crippen LogP) is 3.96. The van der Waals surface area contributed by atoms with Gasteiger partial charge in [-0.25, -0.2) is 0 Å². The second-order valence-electron chi connectivity index (χ2n) is 5.01. The van der Waals surface area contributed by atoms with Crippen LogP contribution in [0.25, 0.3) is 11.3 Å². The molecule has 4 heteroatoms. The van der Waals surface area contributed by atoms with E-state index in [1.807, 2.05) is 36.4 Å². The highest BCUT2D eigenvalue weighted by Gasteiger charge is 2.07. The smallest absolute Gasteiger partial charge is 0.115 e. The molecule has 0 fully saturated rings. The van der Waals surface area contributed by atoms with Crippen LogP contribution in [-0.4, -0.2) is 15.3 Å². The third-order valence-corrected chi connectivity index (χ3v) is 3.43. The number of aromatic amines is 1. The Morgan fingerprint density at radius 2 is 1.95 bits per heavy atom. The zero-order chi connectivity index (χ0) is 14.7. The van der Waals surface area contributed by atoms with Gasteiger partial charge in [0.15, 0.2) is 0 Å². The van der Waals surface area contributed by atoms with Gasteiger partial charge in [-0.2, -0.15) is 5.10 Å². The number of nitrogens with one attached hydrogen (secondary N) is 2. The van der Waals surface area contributed by atoms with Crippen LogP contribution in [0.1, 0.15) is 18.5 Å². The van der Waals surface area contributed by atoms with E-state index in [-0.39, 0.29) is 11.8 Å². The lowest BCUT2D eigenvalue weighted by Crippen LogP contribution is -2.06. The Balaban J connectivity index is 1.80. The predicted molar refractivity (Wildman–Crippen MR) is 84.2 cm³/mol. The van der Waals surface area contributed by atoms with Gasteiger partial charge in [0.25, 0.3) is 0 Å². The SMILES string of the molecule is CC(Nc1cccc(-c2ccn[nH]2)c1)c1cccc(O)c1. The van der Waals surface area contributed by atoms with E-state index in [2.05, 4.69) is 28.5 Å². The van der Waals surface area contributed by atoms with Crippen molar-refractivity contribution in [3.8, 4) is 17.0 Å². The second-order valence-corrected chi connectivity index (χ2v) is 5.01. The van der Waals surface area contributed by atoms with Gasteiger partial charge in [-0.05, 0) is 42.8 Å². The quantitative estimate of drug-likeness (QED) is 0.677. The average molecular weight is 279 g/mol. The number of nitrogens with zero attached hydrogens (tertiary/aromatic N) is 1. The lowest BCUT2D eigenvalue weighted by Gasteiger charge is -2.16. The van der Waals surface area contributed by atoms with Crippen LogP contribution in [-0.2, 0) is 0 Å². The van der Waals surface area contributed by atoms with Gasteiger partial charge in [-0.15, -0.1) is 0 Å². The summed E-state index contributed by atoms with van der Waals surface area (Å²) in [7, 11) is 0. The van der Waals surface area contributed by atoms with Gasteiger partial charge in [-0.3, -0.25) is 5.10 Å². The number of aromatic hydroxyl groups is 1. The molecule has 0 aliphatic heterocycles. The Morgan fingerprint density at radius 1 is 1.10 bits per heavy atom. The first-order chi connectivity index (χ1) is 10.2. The summed E-state index contributed by atoms with van der Waals surface area (Å²) in [6.07, 6.45) is 1.74. The third-order valence-electron chi connectivity index (χ3n) is 3.43. The number of hydrogen-bond donors (Lipinski definition) is 3. The minimum atomic E-state index is 0.106. The lowest BCUT2D eigenvalue weighted by molar-refractivity contribution is 0.474. The van der Waals surface area contributed by atoms with E-state index in [0.717, 1.165) is 22.5 Å². The Morgan fingerprint density at radius 3 is 2.71 bits per heavy atom. The van der Waals surface area contributed by atoms with Crippen molar-refractivity contribution in [1.82, 2.24) is 10.2 Å². The number of phenols is 1. The van der Waals surface area contributed by atoms with Gasteiger partial charge < -0.3 is 10.4 Å². The average Bonchev–Trinajstić information content (AvgIpc) is 3.02. The number of aromatic nitrogens is 2. The van der Waals surface area contributed by atoms with Crippen molar-refractivity contribution >= 4 is 5.69 Å². The molecule has 3 N–H and O–H groups in total. The van der Waals surface area contributed by atoms with E-state index in [4.69, 9.17) is 0 Å². The molecule has 3 aromatic rings. The van der Waals surface area contributed by atoms with E-state index < -0.39 is 0 Å². The summed E-state index contributed by atoms with van der Waals surface area (Å²) < 4.78 is 0. The van der Waals surface area contributed by atoms with Crippen LogP contribution >= 0.6 is 0 Å². The monoisotopic (exact) mass is 279 g/mol. The normalized spacial score (nSPS) is 12.0. The molecular weight excluding hydrogens is 262 g/mol. The van der Waals surface area contributed by atoms with E-state index in [1.54, 1.807) is 18.3 Å². The molecule has 0 saturated carbocycles. The lowest BCUT2D eigenvalue weighted by atomic mass is 10.1. The van der Waals surface area contributed by atoms with Gasteiger partial charge in [0.05, 0.1) is 5.69 Å². The first-order valence-electron chi connectivity index (χ1n) is 6.87. The van der Waals surface area contributed by atoms with Crippen molar-refractivity contribution in [2.75, 3.05) is 5.32 Å². The van der Waals surface area contributed by atoms with Crippen LogP contribution in [0.15, 0.2) is 60.8 Å². The molecule has 2 aromatic carbocycles. The van der Waals surface area contributed by atoms with Crippen LogP contribution in [0.4, 0.5) is 5.69 Å². The summed E-state index contributed by atoms with van der Waals surface area (Å²) >= 11 is 0. The summed E-state index contributed by atoms with van der Waals surface area (Å²) in [4.78, 5) is 0. The highest BCUT2D eigenvalue weighted by atomic mass is 16.3. The van der Waals surface area contributed by atoms with Gasteiger partial charge in [0, 0.05) is 23.5 Å². The van der Waals surface area contributed by atoms with Crippen LogP contribution in [0.2, 0.25) is 0 Å². The van der Waals surface area contributed by atoms with Gasteiger partial charge >= 0.3 is 0 Å². The Bertz CT molecular complexity index is 722. The Kier molecular flexibility index (Phi) is 3.60. The van der Waals surface area contributed by atoms with Crippen molar-refractivity contribution < 1.29 is 5.11 Å². The van der Waals surface area contributed by atoms with Crippen LogP contribution in [0, 0.1) is 0 Å². The van der Waals surface area contributed by atoms with Gasteiger partial charge in [-0.1, -0.05) is 24.3 Å². The molecule has 1 atom stereocenters. The van der Waals surface area contributed by atoms with Crippen molar-refractivity contribution in [3.05, 3.63) is 66.4 Å². The molecule has 0 aliphatic carbocycles. The number of rotatable bonds is 4. The molecule has 0 spiro atoms. The zero-order valence-corrected chi connectivity index (χ0v) is 11.7. The molecule has 106 valence electrons. The molecule has 0 saturated heterocycles. The molecule has 1 unspecified atom stereocenters. The third kappa shape index (κ3) is 3.05. The van der Waals surface area contributed by atoms with Crippen molar-refractivity contribution in [3.63, 3.8) is 0 Å². The molecule has 1 heterocycles. The molecule has 4 nitrogen and oxygen atoms in total. The maximum atomic E-state index is 9.56. The first kappa shape index (κ1) is 13.2. The van der Waals surface area contributed by atoms with E-state index in [0.29, 0.717) is 0 Å². The number of benzene rings is 2. The number of anilines is 1. The Labute approximate surface area is 123 Å². The zero-order valence-electron chi connectivity index (χ0n) is 11.7. The minimum absolute atomic E-state index is 0.106. The molecular formula is C17H17N3O. The van der Waals surface area contributed by atoms with Crippen molar-refractivity contribution in [2.24, 2.45) is 0 Å². The van der Waals surface area contributed by atoms with E-state index in [1.165, 1.54) is 0 Å². The Hall–Kier alpha value is -2.75. The molecule has 0 amide bonds.